The van der Waals surface area contributed by atoms with Crippen molar-refractivity contribution < 1.29 is 4.74 Å². The lowest BCUT2D eigenvalue weighted by molar-refractivity contribution is 0.416. The second-order valence-electron chi connectivity index (χ2n) is 4.39. The van der Waals surface area contributed by atoms with Crippen LogP contribution in [0, 0.1) is 0 Å². The minimum absolute atomic E-state index is 0.300. The molecular weight excluding hydrogens is 278 g/mol. The van der Waals surface area contributed by atoms with E-state index in [0.717, 1.165) is 17.2 Å². The molecule has 4 heteroatoms. The van der Waals surface area contributed by atoms with Gasteiger partial charge in [-0.05, 0) is 29.8 Å². The fraction of sp³-hybridized carbons (Fsp3) is 0.200. The zero-order valence-electron chi connectivity index (χ0n) is 10.5. The van der Waals surface area contributed by atoms with Gasteiger partial charge in [0.15, 0.2) is 0 Å². The Morgan fingerprint density at radius 2 is 2.11 bits per heavy atom. The predicted octanol–water partition coefficient (Wildman–Crippen LogP) is 4.61. The Bertz CT molecular complexity index is 602. The van der Waals surface area contributed by atoms with Crippen LogP contribution >= 0.6 is 23.4 Å². The molecule has 0 aromatic heterocycles. The highest BCUT2D eigenvalue weighted by Crippen LogP contribution is 2.41. The zero-order valence-corrected chi connectivity index (χ0v) is 12.1. The minimum Gasteiger partial charge on any atom is -0.495 e. The number of hydrogen-bond acceptors (Lipinski definition) is 3. The van der Waals surface area contributed by atoms with Gasteiger partial charge in [-0.25, -0.2) is 0 Å². The molecule has 2 aromatic carbocycles. The molecule has 3 rings (SSSR count). The van der Waals surface area contributed by atoms with E-state index in [1.165, 1.54) is 10.5 Å². The topological polar surface area (TPSA) is 21.3 Å². The number of fused-ring (bicyclic) bond motifs is 1. The highest BCUT2D eigenvalue weighted by Gasteiger charge is 2.23. The summed E-state index contributed by atoms with van der Waals surface area (Å²) in [4.78, 5) is 1.35. The number of nitrogens with one attached hydrogen (secondary N) is 1. The van der Waals surface area contributed by atoms with Crippen LogP contribution in [0.25, 0.3) is 0 Å². The van der Waals surface area contributed by atoms with Crippen LogP contribution in [0.1, 0.15) is 11.6 Å². The summed E-state index contributed by atoms with van der Waals surface area (Å²) in [6, 6.07) is 14.4. The number of rotatable bonds is 3. The molecule has 0 saturated carbocycles. The monoisotopic (exact) mass is 291 g/mol. The van der Waals surface area contributed by atoms with Crippen molar-refractivity contribution in [2.75, 3.05) is 18.2 Å². The van der Waals surface area contributed by atoms with E-state index in [-0.39, 0.29) is 0 Å². The van der Waals surface area contributed by atoms with Gasteiger partial charge in [-0.2, -0.15) is 0 Å². The van der Waals surface area contributed by atoms with E-state index in [1.54, 1.807) is 7.11 Å². The molecule has 1 atom stereocenters. The summed E-state index contributed by atoms with van der Waals surface area (Å²) in [6.45, 7) is 0. The standard InChI is InChI=1S/C15H14ClNOS/c1-18-14-7-6-10(16)8-12(14)17-13-9-19-15-5-3-2-4-11(13)15/h2-8,13,17H,9H2,1H3. The Labute approximate surface area is 122 Å². The van der Waals surface area contributed by atoms with Crippen molar-refractivity contribution in [3.05, 3.63) is 53.1 Å². The van der Waals surface area contributed by atoms with E-state index in [0.29, 0.717) is 11.1 Å². The molecule has 1 aliphatic heterocycles. The SMILES string of the molecule is COc1ccc(Cl)cc1NC1CSc2ccccc21. The molecule has 0 aliphatic carbocycles. The molecule has 2 aromatic rings. The van der Waals surface area contributed by atoms with Crippen LogP contribution < -0.4 is 10.1 Å². The first-order chi connectivity index (χ1) is 9.28. The van der Waals surface area contributed by atoms with Crippen LogP contribution in [-0.4, -0.2) is 12.9 Å². The molecule has 0 amide bonds. The Balaban J connectivity index is 1.89. The van der Waals surface area contributed by atoms with Crippen molar-refractivity contribution >= 4 is 29.1 Å². The van der Waals surface area contributed by atoms with Crippen molar-refractivity contribution in [3.63, 3.8) is 0 Å². The van der Waals surface area contributed by atoms with Gasteiger partial charge in [-0.1, -0.05) is 29.8 Å². The van der Waals surface area contributed by atoms with Crippen LogP contribution in [0.4, 0.5) is 5.69 Å². The fourth-order valence-electron chi connectivity index (χ4n) is 2.26. The van der Waals surface area contributed by atoms with Crippen molar-refractivity contribution in [2.24, 2.45) is 0 Å². The maximum atomic E-state index is 6.06. The lowest BCUT2D eigenvalue weighted by Gasteiger charge is -2.17. The van der Waals surface area contributed by atoms with Crippen LogP contribution in [0.15, 0.2) is 47.4 Å². The molecule has 1 heterocycles. The number of ether oxygens (including phenoxy) is 1. The largest absolute Gasteiger partial charge is 0.495 e. The summed E-state index contributed by atoms with van der Waals surface area (Å²) >= 11 is 7.94. The lowest BCUT2D eigenvalue weighted by atomic mass is 10.1. The van der Waals surface area contributed by atoms with Crippen LogP contribution in [-0.2, 0) is 0 Å². The lowest BCUT2D eigenvalue weighted by Crippen LogP contribution is -2.10. The van der Waals surface area contributed by atoms with E-state index >= 15 is 0 Å². The fourth-order valence-corrected chi connectivity index (χ4v) is 3.60. The molecule has 0 saturated heterocycles. The molecule has 0 fully saturated rings. The number of anilines is 1. The Kier molecular flexibility index (Phi) is 3.58. The van der Waals surface area contributed by atoms with Crippen molar-refractivity contribution in [1.29, 1.82) is 0 Å². The molecule has 2 nitrogen and oxygen atoms in total. The van der Waals surface area contributed by atoms with Gasteiger partial charge < -0.3 is 10.1 Å². The normalized spacial score (nSPS) is 17.1. The van der Waals surface area contributed by atoms with Gasteiger partial charge in [-0.3, -0.25) is 0 Å². The molecule has 1 unspecified atom stereocenters. The van der Waals surface area contributed by atoms with Gasteiger partial charge >= 0.3 is 0 Å². The molecule has 1 N–H and O–H groups in total. The highest BCUT2D eigenvalue weighted by atomic mass is 35.5. The number of thioether (sulfide) groups is 1. The molecule has 0 radical (unpaired) electrons. The highest BCUT2D eigenvalue weighted by molar-refractivity contribution is 7.99. The van der Waals surface area contributed by atoms with Crippen molar-refractivity contribution in [1.82, 2.24) is 0 Å². The Hall–Kier alpha value is -1.32. The Morgan fingerprint density at radius 3 is 2.95 bits per heavy atom. The first-order valence-corrected chi connectivity index (χ1v) is 7.46. The maximum Gasteiger partial charge on any atom is 0.142 e. The smallest absolute Gasteiger partial charge is 0.142 e. The number of methoxy groups -OCH3 is 1. The molecule has 19 heavy (non-hydrogen) atoms. The van der Waals surface area contributed by atoms with Gasteiger partial charge in [0.25, 0.3) is 0 Å². The van der Waals surface area contributed by atoms with Crippen molar-refractivity contribution in [3.8, 4) is 5.75 Å². The van der Waals surface area contributed by atoms with Crippen LogP contribution in [0.5, 0.6) is 5.75 Å². The average Bonchev–Trinajstić information content (AvgIpc) is 2.83. The van der Waals surface area contributed by atoms with Gasteiger partial charge in [0.05, 0.1) is 18.8 Å². The third-order valence-corrected chi connectivity index (χ3v) is 4.61. The Morgan fingerprint density at radius 1 is 1.26 bits per heavy atom. The first-order valence-electron chi connectivity index (χ1n) is 6.10. The first kappa shape index (κ1) is 12.7. The second-order valence-corrected chi connectivity index (χ2v) is 5.89. The summed E-state index contributed by atoms with van der Waals surface area (Å²) in [5.41, 5.74) is 2.28. The molecule has 0 bridgehead atoms. The third-order valence-electron chi connectivity index (χ3n) is 3.19. The van der Waals surface area contributed by atoms with Gasteiger partial charge in [0, 0.05) is 15.7 Å². The number of benzene rings is 2. The van der Waals surface area contributed by atoms with E-state index in [9.17, 15) is 0 Å². The third kappa shape index (κ3) is 2.53. The quantitative estimate of drug-likeness (QED) is 0.892. The summed E-state index contributed by atoms with van der Waals surface area (Å²) < 4.78 is 5.37. The van der Waals surface area contributed by atoms with Crippen LogP contribution in [0.3, 0.4) is 0 Å². The summed E-state index contributed by atoms with van der Waals surface area (Å²) in [5.74, 6) is 1.84. The minimum atomic E-state index is 0.300. The summed E-state index contributed by atoms with van der Waals surface area (Å²) in [7, 11) is 1.67. The molecule has 0 spiro atoms. The average molecular weight is 292 g/mol. The maximum absolute atomic E-state index is 6.06. The van der Waals surface area contributed by atoms with E-state index < -0.39 is 0 Å². The van der Waals surface area contributed by atoms with E-state index in [4.69, 9.17) is 16.3 Å². The predicted molar refractivity (Wildman–Crippen MR) is 81.5 cm³/mol. The van der Waals surface area contributed by atoms with Crippen LogP contribution in [0.2, 0.25) is 5.02 Å². The summed E-state index contributed by atoms with van der Waals surface area (Å²) in [5, 5.41) is 4.24. The number of hydrogen-bond donors (Lipinski definition) is 1. The zero-order chi connectivity index (χ0) is 13.2. The van der Waals surface area contributed by atoms with Crippen molar-refractivity contribution in [2.45, 2.75) is 10.9 Å². The molecular formula is C15H14ClNOS. The second kappa shape index (κ2) is 5.35. The van der Waals surface area contributed by atoms with E-state index in [1.807, 2.05) is 30.0 Å². The van der Waals surface area contributed by atoms with Gasteiger partial charge in [0.1, 0.15) is 5.75 Å². The van der Waals surface area contributed by atoms with Gasteiger partial charge in [0.2, 0.25) is 0 Å². The summed E-state index contributed by atoms with van der Waals surface area (Å²) in [6.07, 6.45) is 0. The molecule has 1 aliphatic rings. The number of halogens is 1. The van der Waals surface area contributed by atoms with E-state index in [2.05, 4.69) is 29.6 Å². The molecule has 98 valence electrons. The van der Waals surface area contributed by atoms with Gasteiger partial charge in [-0.15, -0.1) is 11.8 Å².